The van der Waals surface area contributed by atoms with E-state index in [1.165, 1.54) is 33.8 Å². The first kappa shape index (κ1) is 17.7. The summed E-state index contributed by atoms with van der Waals surface area (Å²) < 4.78 is 4.10. The molecule has 0 radical (unpaired) electrons. The van der Waals surface area contributed by atoms with Crippen molar-refractivity contribution in [2.75, 3.05) is 0 Å². The molecule has 3 nitrogen and oxygen atoms in total. The third-order valence-corrected chi connectivity index (χ3v) is 6.36. The number of hydrogen-bond acceptors (Lipinski definition) is 3. The van der Waals surface area contributed by atoms with E-state index >= 15 is 0 Å². The Bertz CT molecular complexity index is 998. The van der Waals surface area contributed by atoms with Gasteiger partial charge in [0, 0.05) is 6.54 Å². The Morgan fingerprint density at radius 1 is 1.17 bits per heavy atom. The van der Waals surface area contributed by atoms with Gasteiger partial charge in [0.2, 0.25) is 0 Å². The first-order valence-electron chi connectivity index (χ1n) is 7.55. The molecule has 3 rings (SSSR count). The van der Waals surface area contributed by atoms with Crippen LogP contribution < -0.4 is 4.80 Å². The summed E-state index contributed by atoms with van der Waals surface area (Å²) in [5.74, 6) is -0.354. The molecule has 0 saturated heterocycles. The van der Waals surface area contributed by atoms with Gasteiger partial charge < -0.3 is 4.57 Å². The smallest absolute Gasteiger partial charge is 0.282 e. The SMILES string of the molecule is CCCn1c(=NC(=O)c2cc(Cl)sc2Cl)sc2cc(C)c(C)cc21. The number of aromatic nitrogens is 1. The van der Waals surface area contributed by atoms with Gasteiger partial charge >= 0.3 is 0 Å². The number of thiophene rings is 1. The highest BCUT2D eigenvalue weighted by Gasteiger charge is 2.15. The van der Waals surface area contributed by atoms with E-state index < -0.39 is 0 Å². The number of carbonyl (C=O) groups is 1. The van der Waals surface area contributed by atoms with Gasteiger partial charge in [0.05, 0.1) is 20.1 Å². The highest BCUT2D eigenvalue weighted by atomic mass is 35.5. The Kier molecular flexibility index (Phi) is 5.16. The molecule has 0 N–H and O–H groups in total. The molecule has 0 spiro atoms. The van der Waals surface area contributed by atoms with Gasteiger partial charge in [-0.1, -0.05) is 41.5 Å². The maximum absolute atomic E-state index is 12.5. The number of fused-ring (bicyclic) bond motifs is 1. The average molecular weight is 399 g/mol. The zero-order chi connectivity index (χ0) is 17.4. The van der Waals surface area contributed by atoms with Crippen LogP contribution in [0.1, 0.15) is 34.8 Å². The number of hydrogen-bond donors (Lipinski definition) is 0. The van der Waals surface area contributed by atoms with Gasteiger partial charge in [-0.05, 0) is 49.6 Å². The molecule has 3 aromatic rings. The molecule has 2 heterocycles. The number of aryl methyl sites for hydroxylation is 3. The Balaban J connectivity index is 2.19. The lowest BCUT2D eigenvalue weighted by molar-refractivity contribution is 0.0998. The van der Waals surface area contributed by atoms with E-state index in [-0.39, 0.29) is 5.91 Å². The summed E-state index contributed by atoms with van der Waals surface area (Å²) in [6, 6.07) is 5.89. The van der Waals surface area contributed by atoms with Crippen LogP contribution in [0.2, 0.25) is 8.67 Å². The largest absolute Gasteiger partial charge is 0.316 e. The molecular formula is C17H16Cl2N2OS2. The standard InChI is InChI=1S/C17H16Cl2N2OS2/c1-4-5-21-12-6-9(2)10(3)7-13(12)23-17(21)20-16(22)11-8-14(18)24-15(11)19/h6-8H,4-5H2,1-3H3. The van der Waals surface area contributed by atoms with Crippen LogP contribution in [0.15, 0.2) is 23.2 Å². The fourth-order valence-electron chi connectivity index (χ4n) is 2.48. The predicted molar refractivity (Wildman–Crippen MR) is 104 cm³/mol. The maximum Gasteiger partial charge on any atom is 0.282 e. The molecule has 7 heteroatoms. The van der Waals surface area contributed by atoms with Crippen molar-refractivity contribution in [3.63, 3.8) is 0 Å². The number of rotatable bonds is 3. The van der Waals surface area contributed by atoms with Gasteiger partial charge in [0.15, 0.2) is 4.80 Å². The third kappa shape index (κ3) is 3.31. The molecule has 1 amide bonds. The second kappa shape index (κ2) is 7.00. The highest BCUT2D eigenvalue weighted by molar-refractivity contribution is 7.20. The Morgan fingerprint density at radius 3 is 2.50 bits per heavy atom. The number of carbonyl (C=O) groups excluding carboxylic acids is 1. The van der Waals surface area contributed by atoms with Gasteiger partial charge in [0.1, 0.15) is 4.34 Å². The summed E-state index contributed by atoms with van der Waals surface area (Å²) in [7, 11) is 0. The van der Waals surface area contributed by atoms with Crippen LogP contribution in [0, 0.1) is 13.8 Å². The number of nitrogens with zero attached hydrogens (tertiary/aromatic N) is 2. The van der Waals surface area contributed by atoms with Crippen LogP contribution in [0.25, 0.3) is 10.2 Å². The van der Waals surface area contributed by atoms with E-state index in [1.807, 2.05) is 0 Å². The predicted octanol–water partition coefficient (Wildman–Crippen LogP) is 5.84. The van der Waals surface area contributed by atoms with E-state index in [9.17, 15) is 4.79 Å². The van der Waals surface area contributed by atoms with Crippen molar-refractivity contribution in [2.24, 2.45) is 4.99 Å². The second-order valence-electron chi connectivity index (χ2n) is 5.60. The molecule has 24 heavy (non-hydrogen) atoms. The van der Waals surface area contributed by atoms with Gasteiger partial charge in [-0.3, -0.25) is 4.79 Å². The zero-order valence-electron chi connectivity index (χ0n) is 13.5. The summed E-state index contributed by atoms with van der Waals surface area (Å²) in [6.07, 6.45) is 0.963. The van der Waals surface area contributed by atoms with Gasteiger partial charge in [-0.2, -0.15) is 4.99 Å². The first-order valence-corrected chi connectivity index (χ1v) is 9.94. The van der Waals surface area contributed by atoms with Crippen LogP contribution in [0.4, 0.5) is 0 Å². The summed E-state index contributed by atoms with van der Waals surface area (Å²) in [6.45, 7) is 7.11. The van der Waals surface area contributed by atoms with Crippen molar-refractivity contribution in [3.8, 4) is 0 Å². The first-order chi connectivity index (χ1) is 11.4. The average Bonchev–Trinajstić information content (AvgIpc) is 3.01. The van der Waals surface area contributed by atoms with Crippen LogP contribution in [-0.2, 0) is 6.54 Å². The molecular weight excluding hydrogens is 383 g/mol. The minimum Gasteiger partial charge on any atom is -0.316 e. The summed E-state index contributed by atoms with van der Waals surface area (Å²) in [5.41, 5.74) is 3.94. The van der Waals surface area contributed by atoms with E-state index in [2.05, 4.69) is 42.5 Å². The topological polar surface area (TPSA) is 34.4 Å². The van der Waals surface area contributed by atoms with E-state index in [0.29, 0.717) is 19.0 Å². The Morgan fingerprint density at radius 2 is 1.88 bits per heavy atom. The van der Waals surface area contributed by atoms with Gasteiger partial charge in [-0.25, -0.2) is 0 Å². The lowest BCUT2D eigenvalue weighted by Crippen LogP contribution is -2.16. The van der Waals surface area contributed by atoms with Crippen molar-refractivity contribution in [1.29, 1.82) is 0 Å². The number of amides is 1. The molecule has 0 aliphatic heterocycles. The quantitative estimate of drug-likeness (QED) is 0.545. The highest BCUT2D eigenvalue weighted by Crippen LogP contribution is 2.31. The zero-order valence-corrected chi connectivity index (χ0v) is 16.7. The van der Waals surface area contributed by atoms with Crippen LogP contribution in [0.5, 0.6) is 0 Å². The fraction of sp³-hybridized carbons (Fsp3) is 0.294. The normalized spacial score (nSPS) is 12.3. The van der Waals surface area contributed by atoms with Crippen LogP contribution in [-0.4, -0.2) is 10.5 Å². The van der Waals surface area contributed by atoms with Crippen molar-refractivity contribution in [3.05, 3.63) is 48.4 Å². The molecule has 0 atom stereocenters. The molecule has 1 aromatic carbocycles. The Labute approximate surface area is 158 Å². The minimum absolute atomic E-state index is 0.354. The molecule has 0 aliphatic carbocycles. The third-order valence-electron chi connectivity index (χ3n) is 3.83. The van der Waals surface area contributed by atoms with Gasteiger partial charge in [0.25, 0.3) is 5.91 Å². The Hall–Kier alpha value is -1.14. The van der Waals surface area contributed by atoms with Crippen molar-refractivity contribution in [2.45, 2.75) is 33.7 Å². The number of thiazole rings is 1. The lowest BCUT2D eigenvalue weighted by Gasteiger charge is -2.05. The molecule has 0 saturated carbocycles. The molecule has 0 unspecified atom stereocenters. The summed E-state index contributed by atoms with van der Waals surface area (Å²) in [5, 5.41) is 0. The lowest BCUT2D eigenvalue weighted by atomic mass is 10.1. The van der Waals surface area contributed by atoms with Crippen LogP contribution in [0.3, 0.4) is 0 Å². The minimum atomic E-state index is -0.354. The van der Waals surface area contributed by atoms with Crippen molar-refractivity contribution in [1.82, 2.24) is 4.57 Å². The van der Waals surface area contributed by atoms with E-state index in [4.69, 9.17) is 23.2 Å². The van der Waals surface area contributed by atoms with E-state index in [0.717, 1.165) is 23.2 Å². The molecule has 0 aliphatic rings. The number of benzene rings is 1. The number of halogens is 2. The van der Waals surface area contributed by atoms with Crippen molar-refractivity contribution >= 4 is 62.0 Å². The molecule has 0 bridgehead atoms. The van der Waals surface area contributed by atoms with Crippen molar-refractivity contribution < 1.29 is 4.79 Å². The van der Waals surface area contributed by atoms with Crippen LogP contribution >= 0.6 is 45.9 Å². The molecule has 2 aromatic heterocycles. The summed E-state index contributed by atoms with van der Waals surface area (Å²) in [4.78, 5) is 17.5. The second-order valence-corrected chi connectivity index (χ2v) is 8.89. The summed E-state index contributed by atoms with van der Waals surface area (Å²) >= 11 is 14.7. The fourth-order valence-corrected chi connectivity index (χ4v) is 5.06. The molecule has 0 fully saturated rings. The monoisotopic (exact) mass is 398 g/mol. The van der Waals surface area contributed by atoms with E-state index in [1.54, 1.807) is 6.07 Å². The van der Waals surface area contributed by atoms with Gasteiger partial charge in [-0.15, -0.1) is 11.3 Å². The maximum atomic E-state index is 12.5. The molecule has 126 valence electrons.